The average molecular weight is 306 g/mol. The monoisotopic (exact) mass is 306 g/mol. The van der Waals surface area contributed by atoms with Crippen LogP contribution in [0.2, 0.25) is 0 Å². The molecular weight excluding hydrogens is 284 g/mol. The van der Waals surface area contributed by atoms with Crippen molar-refractivity contribution in [3.05, 3.63) is 47.4 Å². The molecule has 0 saturated heterocycles. The SMILES string of the molecule is COCOC1C(C)=C(OCc2ccccc2)OC(=O)C1(C)C. The number of methoxy groups -OCH3 is 1. The summed E-state index contributed by atoms with van der Waals surface area (Å²) >= 11 is 0. The van der Waals surface area contributed by atoms with Crippen LogP contribution in [-0.4, -0.2) is 26.0 Å². The Morgan fingerprint density at radius 1 is 1.23 bits per heavy atom. The van der Waals surface area contributed by atoms with Gasteiger partial charge in [0.15, 0.2) is 0 Å². The second-order valence-corrected chi connectivity index (χ2v) is 5.81. The van der Waals surface area contributed by atoms with Gasteiger partial charge in [-0.2, -0.15) is 0 Å². The zero-order valence-corrected chi connectivity index (χ0v) is 13.4. The van der Waals surface area contributed by atoms with E-state index in [1.54, 1.807) is 21.0 Å². The van der Waals surface area contributed by atoms with E-state index in [2.05, 4.69) is 0 Å². The van der Waals surface area contributed by atoms with Gasteiger partial charge in [0.1, 0.15) is 19.5 Å². The molecule has 1 unspecified atom stereocenters. The summed E-state index contributed by atoms with van der Waals surface area (Å²) in [6.45, 7) is 5.85. The van der Waals surface area contributed by atoms with Gasteiger partial charge in [-0.15, -0.1) is 0 Å². The first-order chi connectivity index (χ1) is 10.5. The molecule has 1 aromatic carbocycles. The van der Waals surface area contributed by atoms with Gasteiger partial charge in [-0.3, -0.25) is 4.79 Å². The van der Waals surface area contributed by atoms with Crippen LogP contribution in [0.15, 0.2) is 41.9 Å². The predicted molar refractivity (Wildman–Crippen MR) is 80.6 cm³/mol. The number of esters is 1. The first-order valence-corrected chi connectivity index (χ1v) is 7.17. The molecule has 0 N–H and O–H groups in total. The van der Waals surface area contributed by atoms with Crippen LogP contribution in [0.5, 0.6) is 0 Å². The van der Waals surface area contributed by atoms with Crippen LogP contribution in [-0.2, 0) is 30.3 Å². The summed E-state index contributed by atoms with van der Waals surface area (Å²) in [5.41, 5.74) is 0.956. The molecule has 0 fully saturated rings. The Hall–Kier alpha value is -1.85. The lowest BCUT2D eigenvalue weighted by Gasteiger charge is -2.36. The number of carbonyl (C=O) groups is 1. The molecule has 0 spiro atoms. The Morgan fingerprint density at radius 3 is 2.55 bits per heavy atom. The highest BCUT2D eigenvalue weighted by Gasteiger charge is 2.46. The van der Waals surface area contributed by atoms with Crippen LogP contribution < -0.4 is 0 Å². The molecule has 0 aliphatic carbocycles. The molecule has 5 heteroatoms. The van der Waals surface area contributed by atoms with E-state index >= 15 is 0 Å². The summed E-state index contributed by atoms with van der Waals surface area (Å²) in [5, 5.41) is 0. The summed E-state index contributed by atoms with van der Waals surface area (Å²) in [6.07, 6.45) is -0.445. The Balaban J connectivity index is 2.16. The van der Waals surface area contributed by atoms with Crippen molar-refractivity contribution in [2.45, 2.75) is 33.5 Å². The smallest absolute Gasteiger partial charge is 0.322 e. The van der Waals surface area contributed by atoms with Crippen molar-refractivity contribution in [1.82, 2.24) is 0 Å². The highest BCUT2D eigenvalue weighted by atomic mass is 16.7. The van der Waals surface area contributed by atoms with E-state index < -0.39 is 11.5 Å². The van der Waals surface area contributed by atoms with E-state index in [4.69, 9.17) is 18.9 Å². The van der Waals surface area contributed by atoms with Gasteiger partial charge in [0.25, 0.3) is 5.95 Å². The van der Waals surface area contributed by atoms with Gasteiger partial charge in [-0.25, -0.2) is 0 Å². The van der Waals surface area contributed by atoms with E-state index in [-0.39, 0.29) is 18.7 Å². The zero-order chi connectivity index (χ0) is 16.2. The normalized spacial score (nSPS) is 20.7. The van der Waals surface area contributed by atoms with E-state index in [0.717, 1.165) is 11.1 Å². The number of ether oxygens (including phenoxy) is 4. The van der Waals surface area contributed by atoms with Gasteiger partial charge in [0, 0.05) is 12.7 Å². The summed E-state index contributed by atoms with van der Waals surface area (Å²) in [4.78, 5) is 12.2. The number of hydrogen-bond acceptors (Lipinski definition) is 5. The molecule has 0 amide bonds. The van der Waals surface area contributed by atoms with Crippen LogP contribution in [0.4, 0.5) is 0 Å². The second-order valence-electron chi connectivity index (χ2n) is 5.81. The molecule has 1 aliphatic heterocycles. The third-order valence-electron chi connectivity index (χ3n) is 3.65. The minimum Gasteiger partial charge on any atom is -0.460 e. The summed E-state index contributed by atoms with van der Waals surface area (Å²) < 4.78 is 21.6. The molecule has 1 heterocycles. The minimum atomic E-state index is -0.789. The van der Waals surface area contributed by atoms with Crippen molar-refractivity contribution >= 4 is 5.97 Å². The van der Waals surface area contributed by atoms with Gasteiger partial charge in [-0.1, -0.05) is 30.3 Å². The molecule has 0 radical (unpaired) electrons. The summed E-state index contributed by atoms with van der Waals surface area (Å²) in [7, 11) is 1.54. The molecule has 22 heavy (non-hydrogen) atoms. The number of cyclic esters (lactones) is 1. The van der Waals surface area contributed by atoms with Gasteiger partial charge in [0.05, 0.1) is 5.41 Å². The second kappa shape index (κ2) is 6.94. The predicted octanol–water partition coefficient (Wildman–Crippen LogP) is 3.01. The molecule has 2 rings (SSSR count). The van der Waals surface area contributed by atoms with Gasteiger partial charge >= 0.3 is 5.97 Å². The van der Waals surface area contributed by atoms with Crippen molar-refractivity contribution in [1.29, 1.82) is 0 Å². The number of rotatable bonds is 6. The van der Waals surface area contributed by atoms with Crippen LogP contribution in [0.1, 0.15) is 26.3 Å². The van der Waals surface area contributed by atoms with Crippen molar-refractivity contribution in [3.8, 4) is 0 Å². The third-order valence-corrected chi connectivity index (χ3v) is 3.65. The topological polar surface area (TPSA) is 54.0 Å². The zero-order valence-electron chi connectivity index (χ0n) is 13.4. The molecule has 120 valence electrons. The molecule has 1 aromatic rings. The summed E-state index contributed by atoms with van der Waals surface area (Å²) in [6, 6.07) is 9.69. The maximum Gasteiger partial charge on any atom is 0.322 e. The van der Waals surface area contributed by atoms with Gasteiger partial charge in [-0.05, 0) is 26.3 Å². The Labute approximate surface area is 130 Å². The number of benzene rings is 1. The molecule has 0 saturated carbocycles. The van der Waals surface area contributed by atoms with Crippen molar-refractivity contribution in [2.24, 2.45) is 5.41 Å². The highest BCUT2D eigenvalue weighted by Crippen LogP contribution is 2.37. The molecular formula is C17H22O5. The fourth-order valence-corrected chi connectivity index (χ4v) is 2.39. The Bertz CT molecular complexity index is 547. The average Bonchev–Trinajstić information content (AvgIpc) is 2.51. The van der Waals surface area contributed by atoms with Crippen LogP contribution in [0.25, 0.3) is 0 Å². The largest absolute Gasteiger partial charge is 0.460 e. The standard InChI is InChI=1S/C17H22O5/c1-12-14(21-11-19-4)17(2,3)16(18)22-15(12)20-10-13-8-6-5-7-9-13/h5-9,14H,10-11H2,1-4H3. The van der Waals surface area contributed by atoms with E-state index in [9.17, 15) is 4.79 Å². The van der Waals surface area contributed by atoms with E-state index in [1.165, 1.54) is 0 Å². The number of hydrogen-bond donors (Lipinski definition) is 0. The molecule has 5 nitrogen and oxygen atoms in total. The fraction of sp³-hybridized carbons (Fsp3) is 0.471. The van der Waals surface area contributed by atoms with Crippen molar-refractivity contribution in [2.75, 3.05) is 13.9 Å². The quantitative estimate of drug-likeness (QED) is 0.597. The Morgan fingerprint density at radius 2 is 1.91 bits per heavy atom. The van der Waals surface area contributed by atoms with E-state index in [0.29, 0.717) is 6.61 Å². The van der Waals surface area contributed by atoms with Crippen molar-refractivity contribution < 1.29 is 23.7 Å². The minimum absolute atomic E-state index is 0.102. The molecule has 0 bridgehead atoms. The first kappa shape index (κ1) is 16.5. The lowest BCUT2D eigenvalue weighted by molar-refractivity contribution is -0.177. The van der Waals surface area contributed by atoms with E-state index in [1.807, 2.05) is 37.3 Å². The maximum atomic E-state index is 12.2. The van der Waals surface area contributed by atoms with Crippen LogP contribution >= 0.6 is 0 Å². The molecule has 1 atom stereocenters. The lowest BCUT2D eigenvalue weighted by atomic mass is 9.81. The van der Waals surface area contributed by atoms with Gasteiger partial charge in [0.2, 0.25) is 0 Å². The fourth-order valence-electron chi connectivity index (χ4n) is 2.39. The lowest BCUT2D eigenvalue weighted by Crippen LogP contribution is -2.45. The molecule has 1 aliphatic rings. The third kappa shape index (κ3) is 3.48. The molecule has 0 aromatic heterocycles. The maximum absolute atomic E-state index is 12.2. The highest BCUT2D eigenvalue weighted by molar-refractivity contribution is 5.79. The first-order valence-electron chi connectivity index (χ1n) is 7.17. The van der Waals surface area contributed by atoms with Crippen LogP contribution in [0.3, 0.4) is 0 Å². The van der Waals surface area contributed by atoms with Crippen molar-refractivity contribution in [3.63, 3.8) is 0 Å². The van der Waals surface area contributed by atoms with Crippen LogP contribution in [0, 0.1) is 5.41 Å². The number of carbonyl (C=O) groups excluding carboxylic acids is 1. The summed E-state index contributed by atoms with van der Waals surface area (Å²) in [5.74, 6) is -0.156. The Kier molecular flexibility index (Phi) is 5.21. The van der Waals surface area contributed by atoms with Gasteiger partial charge < -0.3 is 18.9 Å².